The monoisotopic (exact) mass is 424 g/mol. The van der Waals surface area contributed by atoms with Crippen LogP contribution in [-0.2, 0) is 42.9 Å². The number of aliphatic carboxylic acids is 2. The molecule has 0 aromatic carbocycles. The molecule has 2 aromatic heterocycles. The number of carbonyl (C=O) groups excluding carboxylic acids is 2. The zero-order valence-corrected chi connectivity index (χ0v) is 13.9. The molecule has 0 saturated heterocycles. The van der Waals surface area contributed by atoms with Crippen LogP contribution in [0.15, 0.2) is 25.0 Å². The third kappa shape index (κ3) is 6.21. The van der Waals surface area contributed by atoms with Crippen molar-refractivity contribution < 1.29 is 40.2 Å². The van der Waals surface area contributed by atoms with E-state index in [9.17, 15) is 19.8 Å². The number of hydrogen-bond acceptors (Lipinski definition) is 6. The molecular formula is C13H14N6O4Pd-2. The topological polar surface area (TPSA) is 166 Å². The van der Waals surface area contributed by atoms with Crippen molar-refractivity contribution in [2.75, 3.05) is 6.67 Å². The quantitative estimate of drug-likeness (QED) is 0.413. The molecule has 2 aromatic rings. The van der Waals surface area contributed by atoms with Gasteiger partial charge in [0.15, 0.2) is 0 Å². The predicted octanol–water partition coefficient (Wildman–Crippen LogP) is -2.14. The van der Waals surface area contributed by atoms with Crippen LogP contribution < -0.4 is 10.2 Å². The van der Waals surface area contributed by atoms with Crippen LogP contribution in [0.25, 0.3) is 10.6 Å². The first-order valence-electron chi connectivity index (χ1n) is 6.75. The average molecular weight is 425 g/mol. The first-order valence-corrected chi connectivity index (χ1v) is 6.75. The molecule has 0 saturated carbocycles. The van der Waals surface area contributed by atoms with Crippen molar-refractivity contribution in [2.45, 2.75) is 24.9 Å². The fourth-order valence-corrected chi connectivity index (χ4v) is 1.90. The molecule has 2 unspecified atom stereocenters. The number of carboxylic acid groups (broad SMARTS) is 2. The predicted molar refractivity (Wildman–Crippen MR) is 73.8 cm³/mol. The van der Waals surface area contributed by atoms with Gasteiger partial charge in [-0.05, 0) is 12.8 Å². The number of rotatable bonds is 10. The van der Waals surface area contributed by atoms with Crippen LogP contribution in [0.1, 0.15) is 11.4 Å². The molecule has 2 rings (SSSR count). The smallest absolute Gasteiger partial charge is 0.673 e. The Labute approximate surface area is 151 Å². The Morgan fingerprint density at radius 2 is 1.38 bits per heavy atom. The van der Waals surface area contributed by atoms with Crippen molar-refractivity contribution >= 4 is 11.9 Å². The summed E-state index contributed by atoms with van der Waals surface area (Å²) in [6, 6.07) is -2.29. The van der Waals surface area contributed by atoms with Gasteiger partial charge in [-0.25, -0.2) is 9.97 Å². The molecule has 0 bridgehead atoms. The summed E-state index contributed by atoms with van der Waals surface area (Å²) in [5.74, 6) is -2.73. The number of aromatic nitrogens is 4. The maximum atomic E-state index is 11.1. The van der Waals surface area contributed by atoms with E-state index in [1.54, 1.807) is 0 Å². The van der Waals surface area contributed by atoms with Crippen LogP contribution >= 0.6 is 0 Å². The van der Waals surface area contributed by atoms with Crippen molar-refractivity contribution in [2.24, 2.45) is 0 Å². The molecule has 0 aliphatic carbocycles. The van der Waals surface area contributed by atoms with Gasteiger partial charge in [-0.15, -0.1) is 0 Å². The molecular weight excluding hydrogens is 411 g/mol. The molecule has 132 valence electrons. The van der Waals surface area contributed by atoms with Crippen molar-refractivity contribution in [3.05, 3.63) is 47.1 Å². The molecule has 0 spiro atoms. The second-order valence-corrected chi connectivity index (χ2v) is 4.74. The molecule has 11 heteroatoms. The van der Waals surface area contributed by atoms with E-state index in [2.05, 4.69) is 30.6 Å². The summed E-state index contributed by atoms with van der Waals surface area (Å²) in [4.78, 5) is 35.2. The standard InChI is InChI=1S/C13H16N6O4.Pd/c20-12(21)10(1-8-3-14-5-16-8)18-7-19-11(13(22)23)2-9-4-15-6-17-9;/h3-6,10-11H,1-2,7H2,(H,14,16)(H,15,17)(H,20,21)(H,22,23);/q-2;+2/p-2. The summed E-state index contributed by atoms with van der Waals surface area (Å²) in [6.07, 6.45) is 5.92. The van der Waals surface area contributed by atoms with Crippen molar-refractivity contribution in [3.63, 3.8) is 0 Å². The molecule has 0 fully saturated rings. The normalized spacial score (nSPS) is 13.0. The fourth-order valence-electron chi connectivity index (χ4n) is 1.90. The second-order valence-electron chi connectivity index (χ2n) is 4.74. The van der Waals surface area contributed by atoms with Crippen LogP contribution in [-0.4, -0.2) is 50.6 Å². The summed E-state index contributed by atoms with van der Waals surface area (Å²) < 4.78 is 0. The molecule has 0 amide bonds. The van der Waals surface area contributed by atoms with Crippen LogP contribution in [0.5, 0.6) is 0 Å². The third-order valence-corrected chi connectivity index (χ3v) is 3.08. The van der Waals surface area contributed by atoms with E-state index in [1.807, 2.05) is 0 Å². The number of imidazole rings is 2. The van der Waals surface area contributed by atoms with E-state index in [0.29, 0.717) is 11.4 Å². The first kappa shape index (κ1) is 20.0. The summed E-state index contributed by atoms with van der Waals surface area (Å²) >= 11 is 0. The Bertz CT molecular complexity index is 564. The Morgan fingerprint density at radius 3 is 1.67 bits per heavy atom. The van der Waals surface area contributed by atoms with Crippen LogP contribution in [0.2, 0.25) is 0 Å². The van der Waals surface area contributed by atoms with E-state index in [0.717, 1.165) is 0 Å². The molecule has 2 N–H and O–H groups in total. The molecule has 0 aliphatic heterocycles. The number of H-pyrrole nitrogens is 2. The van der Waals surface area contributed by atoms with Gasteiger partial charge < -0.3 is 40.4 Å². The van der Waals surface area contributed by atoms with Crippen LogP contribution in [0.4, 0.5) is 0 Å². The number of nitrogens with zero attached hydrogens (tertiary/aromatic N) is 4. The van der Waals surface area contributed by atoms with Crippen LogP contribution in [0, 0.1) is 0 Å². The number of hydrogen-bond donors (Lipinski definition) is 2. The van der Waals surface area contributed by atoms with Gasteiger partial charge in [0, 0.05) is 35.7 Å². The molecule has 24 heavy (non-hydrogen) atoms. The van der Waals surface area contributed by atoms with Gasteiger partial charge in [0.2, 0.25) is 0 Å². The Balaban J connectivity index is 0.00000288. The Kier molecular flexibility index (Phi) is 8.28. The fraction of sp³-hybridized carbons (Fsp3) is 0.385. The third-order valence-electron chi connectivity index (χ3n) is 3.08. The maximum Gasteiger partial charge on any atom is 2.00 e. The van der Waals surface area contributed by atoms with Gasteiger partial charge in [-0.1, -0.05) is 12.1 Å². The molecule has 10 nitrogen and oxygen atoms in total. The summed E-state index contributed by atoms with van der Waals surface area (Å²) in [5.41, 5.74) is 1.16. The number of aromatic amines is 2. The van der Waals surface area contributed by atoms with Crippen molar-refractivity contribution in [1.29, 1.82) is 0 Å². The first-order chi connectivity index (χ1) is 11.1. The van der Waals surface area contributed by atoms with E-state index >= 15 is 0 Å². The van der Waals surface area contributed by atoms with E-state index in [4.69, 9.17) is 0 Å². The van der Waals surface area contributed by atoms with Gasteiger partial charge in [0.1, 0.15) is 0 Å². The molecule has 2 heterocycles. The largest absolute Gasteiger partial charge is 2.00 e. The summed E-state index contributed by atoms with van der Waals surface area (Å²) in [7, 11) is 0. The number of carboxylic acids is 2. The van der Waals surface area contributed by atoms with Gasteiger partial charge in [0.25, 0.3) is 0 Å². The Hall–Kier alpha value is -2.06. The van der Waals surface area contributed by atoms with Gasteiger partial charge in [-0.3, -0.25) is 6.67 Å². The van der Waals surface area contributed by atoms with Gasteiger partial charge >= 0.3 is 20.4 Å². The minimum Gasteiger partial charge on any atom is -0.673 e. The van der Waals surface area contributed by atoms with Gasteiger partial charge in [-0.2, -0.15) is 0 Å². The minimum absolute atomic E-state index is 0. The van der Waals surface area contributed by atoms with E-state index < -0.39 is 24.0 Å². The summed E-state index contributed by atoms with van der Waals surface area (Å²) in [5, 5.41) is 29.9. The summed E-state index contributed by atoms with van der Waals surface area (Å²) in [6.45, 7) is -0.292. The minimum atomic E-state index is -1.37. The van der Waals surface area contributed by atoms with Crippen molar-refractivity contribution in [3.8, 4) is 0 Å². The number of nitrogens with one attached hydrogen (secondary N) is 2. The molecule has 0 radical (unpaired) electrons. The zero-order chi connectivity index (χ0) is 16.7. The SMILES string of the molecule is O=C([O-])C(Cc1cnc[nH]1)[N-]C[N-]C(Cc1cnc[nH]1)C(=O)[O-].[Pd+2]. The Morgan fingerprint density at radius 1 is 0.958 bits per heavy atom. The van der Waals surface area contributed by atoms with Crippen LogP contribution in [0.3, 0.4) is 0 Å². The molecule has 2 atom stereocenters. The number of carbonyl (C=O) groups is 2. The van der Waals surface area contributed by atoms with Crippen molar-refractivity contribution in [1.82, 2.24) is 19.9 Å². The average Bonchev–Trinajstić information content (AvgIpc) is 3.18. The molecule has 0 aliphatic rings. The second kappa shape index (κ2) is 9.94. The zero-order valence-electron chi connectivity index (χ0n) is 12.3. The maximum absolute atomic E-state index is 11.1. The van der Waals surface area contributed by atoms with Gasteiger partial charge in [0.05, 0.1) is 12.7 Å². The van der Waals surface area contributed by atoms with E-state index in [-0.39, 0.29) is 39.9 Å². The van der Waals surface area contributed by atoms with E-state index in [1.165, 1.54) is 25.0 Å².